The lowest BCUT2D eigenvalue weighted by molar-refractivity contribution is -0.128. The molecule has 1 aromatic carbocycles. The van der Waals surface area contributed by atoms with E-state index < -0.39 is 0 Å². The molecule has 0 radical (unpaired) electrons. The van der Waals surface area contributed by atoms with E-state index in [4.69, 9.17) is 22.3 Å². The Balaban J connectivity index is 2.02. The topological polar surface area (TPSA) is 62.5 Å². The summed E-state index contributed by atoms with van der Waals surface area (Å²) in [5.41, 5.74) is 8.01. The highest BCUT2D eigenvalue weighted by atomic mass is 35.5. The highest BCUT2D eigenvalue weighted by Crippen LogP contribution is 2.31. The van der Waals surface area contributed by atoms with Crippen LogP contribution in [0.5, 0.6) is 0 Å². The highest BCUT2D eigenvalue weighted by Gasteiger charge is 2.21. The SMILES string of the molecule is CC(=O)N1CCCN(c2nc3c(Cl)cccc3cc2[C@H](C)N)CC1. The molecule has 1 aliphatic rings. The van der Waals surface area contributed by atoms with Crippen LogP contribution in [0.4, 0.5) is 5.82 Å². The minimum atomic E-state index is -0.122. The second-order valence-electron chi connectivity index (χ2n) is 6.35. The summed E-state index contributed by atoms with van der Waals surface area (Å²) in [7, 11) is 0. The molecule has 5 nitrogen and oxygen atoms in total. The highest BCUT2D eigenvalue weighted by molar-refractivity contribution is 6.35. The van der Waals surface area contributed by atoms with Gasteiger partial charge in [-0.05, 0) is 25.5 Å². The number of carbonyl (C=O) groups excluding carboxylic acids is 1. The van der Waals surface area contributed by atoms with Gasteiger partial charge in [-0.1, -0.05) is 23.7 Å². The molecule has 0 saturated carbocycles. The van der Waals surface area contributed by atoms with Gasteiger partial charge in [0.1, 0.15) is 5.82 Å². The largest absolute Gasteiger partial charge is 0.354 e. The second-order valence-corrected chi connectivity index (χ2v) is 6.76. The Labute approximate surface area is 147 Å². The van der Waals surface area contributed by atoms with Crippen molar-refractivity contribution in [1.29, 1.82) is 0 Å². The minimum Gasteiger partial charge on any atom is -0.354 e. The first-order valence-corrected chi connectivity index (χ1v) is 8.70. The number of nitrogens with two attached hydrogens (primary N) is 1. The van der Waals surface area contributed by atoms with Gasteiger partial charge in [0, 0.05) is 50.1 Å². The van der Waals surface area contributed by atoms with Crippen LogP contribution >= 0.6 is 11.6 Å². The van der Waals surface area contributed by atoms with E-state index in [1.807, 2.05) is 30.0 Å². The Morgan fingerprint density at radius 2 is 2.08 bits per heavy atom. The van der Waals surface area contributed by atoms with Crippen molar-refractivity contribution in [3.05, 3.63) is 34.9 Å². The molecule has 1 aliphatic heterocycles. The van der Waals surface area contributed by atoms with E-state index in [2.05, 4.69) is 11.0 Å². The molecule has 6 heteroatoms. The summed E-state index contributed by atoms with van der Waals surface area (Å²) < 4.78 is 0. The van der Waals surface area contributed by atoms with Crippen molar-refractivity contribution in [2.75, 3.05) is 31.1 Å². The van der Waals surface area contributed by atoms with E-state index in [9.17, 15) is 4.79 Å². The molecule has 1 atom stereocenters. The van der Waals surface area contributed by atoms with E-state index in [0.29, 0.717) is 11.6 Å². The van der Waals surface area contributed by atoms with E-state index >= 15 is 0 Å². The molecule has 1 amide bonds. The maximum Gasteiger partial charge on any atom is 0.219 e. The van der Waals surface area contributed by atoms with Crippen LogP contribution in [0.15, 0.2) is 24.3 Å². The number of amides is 1. The van der Waals surface area contributed by atoms with Gasteiger partial charge in [-0.15, -0.1) is 0 Å². The van der Waals surface area contributed by atoms with Crippen LogP contribution in [-0.4, -0.2) is 42.0 Å². The third-order valence-electron chi connectivity index (χ3n) is 4.54. The number of fused-ring (bicyclic) bond motifs is 1. The number of anilines is 1. The normalized spacial score (nSPS) is 17.0. The van der Waals surface area contributed by atoms with Gasteiger partial charge in [0.2, 0.25) is 5.91 Å². The fourth-order valence-electron chi connectivity index (χ4n) is 3.20. The first kappa shape index (κ1) is 17.0. The van der Waals surface area contributed by atoms with Gasteiger partial charge < -0.3 is 15.5 Å². The van der Waals surface area contributed by atoms with E-state index in [0.717, 1.165) is 48.3 Å². The molecule has 0 aliphatic carbocycles. The number of benzene rings is 1. The molecule has 0 unspecified atom stereocenters. The number of hydrogen-bond donors (Lipinski definition) is 1. The van der Waals surface area contributed by atoms with Gasteiger partial charge in [0.25, 0.3) is 0 Å². The lowest BCUT2D eigenvalue weighted by atomic mass is 10.1. The Hall–Kier alpha value is -1.85. The Morgan fingerprint density at radius 3 is 2.79 bits per heavy atom. The summed E-state index contributed by atoms with van der Waals surface area (Å²) in [6.45, 7) is 6.69. The van der Waals surface area contributed by atoms with Crippen LogP contribution < -0.4 is 10.6 Å². The van der Waals surface area contributed by atoms with Crippen molar-refractivity contribution in [2.24, 2.45) is 5.73 Å². The molecule has 24 heavy (non-hydrogen) atoms. The van der Waals surface area contributed by atoms with Crippen LogP contribution in [0.1, 0.15) is 31.9 Å². The first-order valence-electron chi connectivity index (χ1n) is 8.32. The van der Waals surface area contributed by atoms with Gasteiger partial charge in [0.05, 0.1) is 10.5 Å². The molecule has 0 bridgehead atoms. The summed E-state index contributed by atoms with van der Waals surface area (Å²) in [5, 5.41) is 1.64. The monoisotopic (exact) mass is 346 g/mol. The fraction of sp³-hybridized carbons (Fsp3) is 0.444. The summed E-state index contributed by atoms with van der Waals surface area (Å²) in [4.78, 5) is 20.6. The molecule has 3 rings (SSSR count). The molecule has 2 heterocycles. The Kier molecular flexibility index (Phi) is 4.92. The first-order chi connectivity index (χ1) is 11.5. The number of hydrogen-bond acceptors (Lipinski definition) is 4. The van der Waals surface area contributed by atoms with Crippen LogP contribution in [0.2, 0.25) is 5.02 Å². The molecular formula is C18H23ClN4O. The van der Waals surface area contributed by atoms with E-state index in [-0.39, 0.29) is 11.9 Å². The lowest BCUT2D eigenvalue weighted by Gasteiger charge is -2.26. The quantitative estimate of drug-likeness (QED) is 0.908. The van der Waals surface area contributed by atoms with Crippen LogP contribution in [0.25, 0.3) is 10.9 Å². The number of halogens is 1. The molecule has 1 aromatic heterocycles. The number of carbonyl (C=O) groups is 1. The van der Waals surface area contributed by atoms with Gasteiger partial charge in [-0.25, -0.2) is 4.98 Å². The zero-order chi connectivity index (χ0) is 17.3. The van der Waals surface area contributed by atoms with Crippen molar-refractivity contribution in [3.8, 4) is 0 Å². The average Bonchev–Trinajstić information content (AvgIpc) is 2.80. The van der Waals surface area contributed by atoms with Crippen LogP contribution in [0, 0.1) is 0 Å². The summed E-state index contributed by atoms with van der Waals surface area (Å²) in [6, 6.07) is 7.74. The van der Waals surface area contributed by atoms with Crippen LogP contribution in [0.3, 0.4) is 0 Å². The lowest BCUT2D eigenvalue weighted by Crippen LogP contribution is -2.34. The van der Waals surface area contributed by atoms with Crippen molar-refractivity contribution in [1.82, 2.24) is 9.88 Å². The van der Waals surface area contributed by atoms with E-state index in [1.54, 1.807) is 6.92 Å². The maximum atomic E-state index is 11.6. The smallest absolute Gasteiger partial charge is 0.219 e. The number of rotatable bonds is 2. The van der Waals surface area contributed by atoms with Crippen LogP contribution in [-0.2, 0) is 4.79 Å². The summed E-state index contributed by atoms with van der Waals surface area (Å²) in [6.07, 6.45) is 0.917. The number of para-hydroxylation sites is 1. The molecule has 128 valence electrons. The molecule has 2 N–H and O–H groups in total. The Bertz CT molecular complexity index is 762. The third-order valence-corrected chi connectivity index (χ3v) is 4.84. The third kappa shape index (κ3) is 3.32. The molecule has 0 spiro atoms. The van der Waals surface area contributed by atoms with Crippen molar-refractivity contribution >= 4 is 34.2 Å². The predicted octanol–water partition coefficient (Wildman–Crippen LogP) is 2.97. The predicted molar refractivity (Wildman–Crippen MR) is 98.4 cm³/mol. The zero-order valence-corrected chi connectivity index (χ0v) is 14.9. The fourth-order valence-corrected chi connectivity index (χ4v) is 3.43. The second kappa shape index (κ2) is 6.95. The molecule has 1 fully saturated rings. The number of nitrogens with zero attached hydrogens (tertiary/aromatic N) is 3. The number of pyridine rings is 1. The molecule has 1 saturated heterocycles. The molecule has 2 aromatic rings. The van der Waals surface area contributed by atoms with Gasteiger partial charge in [0.15, 0.2) is 0 Å². The average molecular weight is 347 g/mol. The Morgan fingerprint density at radius 1 is 1.29 bits per heavy atom. The van der Waals surface area contributed by atoms with Crippen molar-refractivity contribution < 1.29 is 4.79 Å². The maximum absolute atomic E-state index is 11.6. The van der Waals surface area contributed by atoms with Crippen molar-refractivity contribution in [2.45, 2.75) is 26.3 Å². The molecular weight excluding hydrogens is 324 g/mol. The summed E-state index contributed by atoms with van der Waals surface area (Å²) in [5.74, 6) is 1.01. The minimum absolute atomic E-state index is 0.122. The van der Waals surface area contributed by atoms with Gasteiger partial charge in [-0.2, -0.15) is 0 Å². The van der Waals surface area contributed by atoms with Gasteiger partial charge >= 0.3 is 0 Å². The summed E-state index contributed by atoms with van der Waals surface area (Å²) >= 11 is 6.33. The zero-order valence-electron chi connectivity index (χ0n) is 14.1. The van der Waals surface area contributed by atoms with E-state index in [1.165, 1.54) is 0 Å². The number of aromatic nitrogens is 1. The standard InChI is InChI=1S/C18H23ClN4O/c1-12(20)15-11-14-5-3-6-16(19)17(14)21-18(15)23-8-4-7-22(9-10-23)13(2)24/h3,5-6,11-12H,4,7-10,20H2,1-2H3/t12-/m0/s1. The van der Waals surface area contributed by atoms with Gasteiger partial charge in [-0.3, -0.25) is 4.79 Å². The van der Waals surface area contributed by atoms with Crippen molar-refractivity contribution in [3.63, 3.8) is 0 Å².